The van der Waals surface area contributed by atoms with Crippen LogP contribution in [0.15, 0.2) is 22.2 Å². The SMILES string of the molecule is C=C=C(SC)C(=NC)SC. The van der Waals surface area contributed by atoms with Gasteiger partial charge in [-0.2, -0.15) is 0 Å². The molecule has 10 heavy (non-hydrogen) atoms. The van der Waals surface area contributed by atoms with E-state index in [9.17, 15) is 0 Å². The van der Waals surface area contributed by atoms with Crippen LogP contribution in [-0.4, -0.2) is 24.6 Å². The monoisotopic (exact) mass is 173 g/mol. The molecule has 0 N–H and O–H groups in total. The van der Waals surface area contributed by atoms with Crippen LogP contribution in [0.4, 0.5) is 0 Å². The van der Waals surface area contributed by atoms with E-state index in [4.69, 9.17) is 0 Å². The second-order valence-electron chi connectivity index (χ2n) is 1.44. The average Bonchev–Trinajstić information content (AvgIpc) is 2.00. The summed E-state index contributed by atoms with van der Waals surface area (Å²) in [6.07, 6.45) is 3.99. The van der Waals surface area contributed by atoms with Gasteiger partial charge in [0.2, 0.25) is 0 Å². The molecule has 0 bridgehead atoms. The summed E-state index contributed by atoms with van der Waals surface area (Å²) < 4.78 is 0. The van der Waals surface area contributed by atoms with Crippen LogP contribution in [0, 0.1) is 0 Å². The Hall–Kier alpha value is -0.110. The molecule has 0 saturated heterocycles. The zero-order valence-corrected chi connectivity index (χ0v) is 8.10. The Bertz CT molecular complexity index is 178. The normalized spacial score (nSPS) is 10.9. The minimum absolute atomic E-state index is 1.00. The third-order valence-electron chi connectivity index (χ3n) is 0.955. The first-order valence-corrected chi connectivity index (χ1v) is 5.20. The lowest BCUT2D eigenvalue weighted by Gasteiger charge is -1.99. The molecule has 0 unspecified atom stereocenters. The highest BCUT2D eigenvalue weighted by Gasteiger charge is 2.00. The molecule has 0 fully saturated rings. The summed E-state index contributed by atoms with van der Waals surface area (Å²) in [5.74, 6) is 0. The molecule has 56 valence electrons. The van der Waals surface area contributed by atoms with Crippen LogP contribution < -0.4 is 0 Å². The Kier molecular flexibility index (Phi) is 5.60. The molecule has 0 heterocycles. The number of hydrogen-bond acceptors (Lipinski definition) is 3. The minimum atomic E-state index is 1.00. The van der Waals surface area contributed by atoms with Gasteiger partial charge in [-0.25, -0.2) is 0 Å². The van der Waals surface area contributed by atoms with Gasteiger partial charge in [0.15, 0.2) is 0 Å². The van der Waals surface area contributed by atoms with Crippen molar-refractivity contribution < 1.29 is 0 Å². The molecule has 3 heteroatoms. The Balaban J connectivity index is 4.43. The highest BCUT2D eigenvalue weighted by molar-refractivity contribution is 8.17. The molecule has 0 spiro atoms. The van der Waals surface area contributed by atoms with Crippen LogP contribution in [-0.2, 0) is 0 Å². The van der Waals surface area contributed by atoms with Crippen LogP contribution in [0.5, 0.6) is 0 Å². The van der Waals surface area contributed by atoms with E-state index >= 15 is 0 Å². The standard InChI is InChI=1S/C7H11NS2/c1-5-6(9-3)7(8-2)10-4/h1H2,2-4H3. The van der Waals surface area contributed by atoms with Crippen LogP contribution in [0.1, 0.15) is 0 Å². The molecule has 0 saturated carbocycles. The number of thioether (sulfide) groups is 2. The molecule has 0 aliphatic heterocycles. The zero-order valence-electron chi connectivity index (χ0n) is 6.47. The quantitative estimate of drug-likeness (QED) is 0.361. The summed E-state index contributed by atoms with van der Waals surface area (Å²) >= 11 is 3.24. The highest BCUT2D eigenvalue weighted by atomic mass is 32.2. The fourth-order valence-electron chi connectivity index (χ4n) is 0.521. The lowest BCUT2D eigenvalue weighted by atomic mass is 10.6. The van der Waals surface area contributed by atoms with Gasteiger partial charge in [-0.1, -0.05) is 6.58 Å². The van der Waals surface area contributed by atoms with Gasteiger partial charge >= 0.3 is 0 Å². The molecule has 0 aromatic carbocycles. The molecule has 0 aliphatic carbocycles. The first-order valence-electron chi connectivity index (χ1n) is 2.75. The van der Waals surface area contributed by atoms with E-state index in [1.54, 1.807) is 30.6 Å². The van der Waals surface area contributed by atoms with Crippen molar-refractivity contribution in [3.05, 3.63) is 17.2 Å². The van der Waals surface area contributed by atoms with Crippen LogP contribution >= 0.6 is 23.5 Å². The lowest BCUT2D eigenvalue weighted by molar-refractivity contribution is 1.47. The lowest BCUT2D eigenvalue weighted by Crippen LogP contribution is -1.90. The van der Waals surface area contributed by atoms with E-state index in [1.165, 1.54) is 0 Å². The summed E-state index contributed by atoms with van der Waals surface area (Å²) in [5.41, 5.74) is 2.83. The average molecular weight is 173 g/mol. The van der Waals surface area contributed by atoms with Crippen molar-refractivity contribution in [2.45, 2.75) is 0 Å². The van der Waals surface area contributed by atoms with Gasteiger partial charge in [0.1, 0.15) is 5.04 Å². The van der Waals surface area contributed by atoms with Crippen molar-refractivity contribution in [2.24, 2.45) is 4.99 Å². The molecule has 0 aliphatic rings. The molecule has 1 nitrogen and oxygen atoms in total. The maximum Gasteiger partial charge on any atom is 0.111 e. The first-order chi connectivity index (χ1) is 4.79. The second kappa shape index (κ2) is 5.66. The molecule has 0 aromatic rings. The van der Waals surface area contributed by atoms with E-state index in [0.717, 1.165) is 9.95 Å². The third-order valence-corrected chi connectivity index (χ3v) is 2.60. The maximum absolute atomic E-state index is 4.07. The Morgan fingerprint density at radius 2 is 2.00 bits per heavy atom. The number of hydrogen-bond donors (Lipinski definition) is 0. The molecule has 0 rings (SSSR count). The predicted octanol–water partition coefficient (Wildman–Crippen LogP) is 2.41. The topological polar surface area (TPSA) is 12.4 Å². The van der Waals surface area contributed by atoms with Gasteiger partial charge in [-0.05, 0) is 12.5 Å². The number of rotatable bonds is 2. The highest BCUT2D eigenvalue weighted by Crippen LogP contribution is 2.17. The molecule has 0 aromatic heterocycles. The fraction of sp³-hybridized carbons (Fsp3) is 0.429. The predicted molar refractivity (Wildman–Crippen MR) is 53.0 cm³/mol. The van der Waals surface area contributed by atoms with Gasteiger partial charge in [0.05, 0.1) is 4.91 Å². The number of nitrogens with zero attached hydrogens (tertiary/aromatic N) is 1. The van der Waals surface area contributed by atoms with E-state index in [0.29, 0.717) is 0 Å². The molecular formula is C7H11NS2. The molecule has 0 radical (unpaired) electrons. The summed E-state index contributed by atoms with van der Waals surface area (Å²) in [4.78, 5) is 5.09. The molecule has 0 atom stereocenters. The van der Waals surface area contributed by atoms with Crippen molar-refractivity contribution >= 4 is 28.6 Å². The summed E-state index contributed by atoms with van der Waals surface area (Å²) in [6.45, 7) is 3.57. The van der Waals surface area contributed by atoms with Crippen LogP contribution in [0.3, 0.4) is 0 Å². The smallest absolute Gasteiger partial charge is 0.111 e. The minimum Gasteiger partial charge on any atom is -0.280 e. The van der Waals surface area contributed by atoms with Crippen molar-refractivity contribution in [3.63, 3.8) is 0 Å². The zero-order chi connectivity index (χ0) is 7.98. The maximum atomic E-state index is 4.07. The summed E-state index contributed by atoms with van der Waals surface area (Å²) in [5, 5.41) is 1.00. The Labute approximate surface area is 70.7 Å². The molecule has 0 amide bonds. The van der Waals surface area contributed by atoms with Gasteiger partial charge < -0.3 is 0 Å². The van der Waals surface area contributed by atoms with E-state index in [1.807, 2.05) is 12.5 Å². The van der Waals surface area contributed by atoms with Gasteiger partial charge in [0.25, 0.3) is 0 Å². The second-order valence-corrected chi connectivity index (χ2v) is 3.05. The van der Waals surface area contributed by atoms with Crippen LogP contribution in [0.25, 0.3) is 0 Å². The molecular weight excluding hydrogens is 162 g/mol. The first kappa shape index (κ1) is 9.89. The summed E-state index contributed by atoms with van der Waals surface area (Å²) in [6, 6.07) is 0. The van der Waals surface area contributed by atoms with E-state index in [2.05, 4.69) is 17.3 Å². The van der Waals surface area contributed by atoms with Crippen molar-refractivity contribution in [3.8, 4) is 0 Å². The van der Waals surface area contributed by atoms with Gasteiger partial charge in [0, 0.05) is 7.05 Å². The van der Waals surface area contributed by atoms with Gasteiger partial charge in [-0.15, -0.1) is 29.3 Å². The van der Waals surface area contributed by atoms with Crippen molar-refractivity contribution in [1.29, 1.82) is 0 Å². The van der Waals surface area contributed by atoms with Gasteiger partial charge in [-0.3, -0.25) is 4.99 Å². The van der Waals surface area contributed by atoms with E-state index in [-0.39, 0.29) is 0 Å². The van der Waals surface area contributed by atoms with Crippen molar-refractivity contribution in [2.75, 3.05) is 19.6 Å². The Morgan fingerprint density at radius 1 is 1.40 bits per heavy atom. The fourth-order valence-corrected chi connectivity index (χ4v) is 1.87. The van der Waals surface area contributed by atoms with E-state index < -0.39 is 0 Å². The largest absolute Gasteiger partial charge is 0.280 e. The van der Waals surface area contributed by atoms with Crippen molar-refractivity contribution in [1.82, 2.24) is 0 Å². The third kappa shape index (κ3) is 2.65. The summed E-state index contributed by atoms with van der Waals surface area (Å²) in [7, 11) is 1.78. The number of aliphatic imine (C=N–C) groups is 1. The van der Waals surface area contributed by atoms with Crippen LogP contribution in [0.2, 0.25) is 0 Å². The Morgan fingerprint density at radius 3 is 2.10 bits per heavy atom.